The van der Waals surface area contributed by atoms with Gasteiger partial charge in [0.25, 0.3) is 0 Å². The predicted octanol–water partition coefficient (Wildman–Crippen LogP) is 7.02. The number of methoxy groups -OCH3 is 1. The van der Waals surface area contributed by atoms with Gasteiger partial charge in [-0.15, -0.1) is 0 Å². The Morgan fingerprint density at radius 1 is 1.08 bits per heavy atom. The van der Waals surface area contributed by atoms with E-state index < -0.39 is 17.2 Å². The molecule has 4 rings (SSSR count). The molecule has 0 aliphatic carbocycles. The highest BCUT2D eigenvalue weighted by Crippen LogP contribution is 2.37. The second kappa shape index (κ2) is 10.6. The predicted molar refractivity (Wildman–Crippen MR) is 137 cm³/mol. The lowest BCUT2D eigenvalue weighted by molar-refractivity contribution is 0.0255. The van der Waals surface area contributed by atoms with Crippen LogP contribution in [0.15, 0.2) is 42.6 Å². The van der Waals surface area contributed by atoms with Crippen molar-refractivity contribution in [3.63, 3.8) is 0 Å². The maximum absolute atomic E-state index is 14.6. The molecule has 1 aliphatic rings. The first kappa shape index (κ1) is 26.1. The van der Waals surface area contributed by atoms with Crippen molar-refractivity contribution < 1.29 is 23.0 Å². The first-order valence-corrected chi connectivity index (χ1v) is 12.2. The molecule has 7 nitrogen and oxygen atoms in total. The monoisotopic (exact) mass is 508 g/mol. The lowest BCUT2D eigenvalue weighted by Gasteiger charge is -2.26. The van der Waals surface area contributed by atoms with E-state index in [4.69, 9.17) is 21.1 Å². The van der Waals surface area contributed by atoms with Crippen LogP contribution in [0.2, 0.25) is 0 Å². The zero-order valence-corrected chi connectivity index (χ0v) is 21.4. The summed E-state index contributed by atoms with van der Waals surface area (Å²) in [5, 5.41) is 4.81. The summed E-state index contributed by atoms with van der Waals surface area (Å²) in [6.07, 6.45) is 3.69. The second-order valence-electron chi connectivity index (χ2n) is 10.1. The van der Waals surface area contributed by atoms with Gasteiger partial charge < -0.3 is 14.4 Å². The summed E-state index contributed by atoms with van der Waals surface area (Å²) >= 11 is 0. The zero-order valence-electron chi connectivity index (χ0n) is 21.4. The number of aromatic nitrogens is 2. The second-order valence-corrected chi connectivity index (χ2v) is 10.1. The molecule has 0 saturated carbocycles. The van der Waals surface area contributed by atoms with E-state index >= 15 is 0 Å². The number of hydrogen-bond acceptors (Lipinski definition) is 4. The SMILES string of the molecule is [C-]#[N+]c1ccc(-c2cn(C3CCCN(C(=O)OC(C)(C)C)CC3)nc2-c2ccc(OC)c(F)c2)cc1F. The fraction of sp³-hybridized carbons (Fsp3) is 0.393. The van der Waals surface area contributed by atoms with Crippen molar-refractivity contribution in [2.45, 2.75) is 51.7 Å². The van der Waals surface area contributed by atoms with Gasteiger partial charge in [-0.1, -0.05) is 12.1 Å². The standard InChI is InChI=1S/C28H30F2N4O3/c1-28(2,3)37-27(35)33-13-6-7-20(12-14-33)34-17-21(18-8-10-24(31-4)22(29)15-18)26(32-34)19-9-11-25(36-5)23(30)16-19/h8-11,15-17,20H,6-7,12-14H2,1-3,5H3. The normalized spacial score (nSPS) is 16.1. The first-order valence-electron chi connectivity index (χ1n) is 12.2. The van der Waals surface area contributed by atoms with Crippen molar-refractivity contribution in [2.75, 3.05) is 20.2 Å². The number of carbonyl (C=O) groups is 1. The molecule has 3 aromatic rings. The minimum Gasteiger partial charge on any atom is -0.494 e. The molecular formula is C28H30F2N4O3. The molecule has 2 aromatic carbocycles. The summed E-state index contributed by atoms with van der Waals surface area (Å²) in [4.78, 5) is 17.5. The Morgan fingerprint density at radius 3 is 2.46 bits per heavy atom. The molecule has 9 heteroatoms. The summed E-state index contributed by atoms with van der Waals surface area (Å²) in [6, 6.07) is 8.96. The van der Waals surface area contributed by atoms with Crippen LogP contribution in [0, 0.1) is 18.2 Å². The van der Waals surface area contributed by atoms with E-state index in [-0.39, 0.29) is 23.6 Å². The van der Waals surface area contributed by atoms with Crippen molar-refractivity contribution >= 4 is 11.8 Å². The van der Waals surface area contributed by atoms with Crippen molar-refractivity contribution in [3.05, 3.63) is 65.6 Å². The van der Waals surface area contributed by atoms with E-state index in [0.717, 1.165) is 12.8 Å². The third-order valence-corrected chi connectivity index (χ3v) is 6.26. The van der Waals surface area contributed by atoms with Gasteiger partial charge in [0.05, 0.1) is 19.7 Å². The lowest BCUT2D eigenvalue weighted by atomic mass is 10.0. The maximum Gasteiger partial charge on any atom is 0.410 e. The van der Waals surface area contributed by atoms with E-state index in [1.54, 1.807) is 17.0 Å². The number of nitrogens with zero attached hydrogens (tertiary/aromatic N) is 4. The first-order chi connectivity index (χ1) is 17.6. The van der Waals surface area contributed by atoms with E-state index in [0.29, 0.717) is 41.9 Å². The molecule has 1 atom stereocenters. The maximum atomic E-state index is 14.6. The van der Waals surface area contributed by atoms with Crippen LogP contribution in [0.3, 0.4) is 0 Å². The number of amides is 1. The minimum absolute atomic E-state index is 0.0182. The zero-order chi connectivity index (χ0) is 26.7. The fourth-order valence-electron chi connectivity index (χ4n) is 4.43. The Bertz CT molecular complexity index is 1340. The van der Waals surface area contributed by atoms with Crippen LogP contribution < -0.4 is 4.74 Å². The topological polar surface area (TPSA) is 61.0 Å². The molecule has 1 aliphatic heterocycles. The number of rotatable bonds is 4. The molecule has 1 amide bonds. The van der Waals surface area contributed by atoms with Crippen LogP contribution in [0.4, 0.5) is 19.3 Å². The van der Waals surface area contributed by atoms with E-state index in [1.165, 1.54) is 31.4 Å². The number of benzene rings is 2. The molecule has 1 unspecified atom stereocenters. The number of halogens is 2. The van der Waals surface area contributed by atoms with Crippen LogP contribution in [-0.2, 0) is 4.74 Å². The van der Waals surface area contributed by atoms with Gasteiger partial charge >= 0.3 is 6.09 Å². The van der Waals surface area contributed by atoms with Gasteiger partial charge in [0.1, 0.15) is 17.1 Å². The number of likely N-dealkylation sites (tertiary alicyclic amines) is 1. The summed E-state index contributed by atoms with van der Waals surface area (Å²) in [6.45, 7) is 13.7. The molecule has 1 fully saturated rings. The summed E-state index contributed by atoms with van der Waals surface area (Å²) in [5.74, 6) is -1.05. The van der Waals surface area contributed by atoms with E-state index in [1.807, 2.05) is 31.6 Å². The van der Waals surface area contributed by atoms with Crippen molar-refractivity contribution in [1.29, 1.82) is 0 Å². The molecular weight excluding hydrogens is 478 g/mol. The average Bonchev–Trinajstić information content (AvgIpc) is 3.13. The van der Waals surface area contributed by atoms with Crippen LogP contribution >= 0.6 is 0 Å². The molecule has 1 aromatic heterocycles. The van der Waals surface area contributed by atoms with Crippen LogP contribution in [0.5, 0.6) is 5.75 Å². The van der Waals surface area contributed by atoms with Crippen LogP contribution in [0.25, 0.3) is 27.2 Å². The smallest absolute Gasteiger partial charge is 0.410 e. The quantitative estimate of drug-likeness (QED) is 0.356. The van der Waals surface area contributed by atoms with Gasteiger partial charge in [-0.2, -0.15) is 5.10 Å². The van der Waals surface area contributed by atoms with Crippen LogP contribution in [-0.4, -0.2) is 46.6 Å². The van der Waals surface area contributed by atoms with Crippen molar-refractivity contribution in [3.8, 4) is 28.1 Å². The highest BCUT2D eigenvalue weighted by atomic mass is 19.1. The van der Waals surface area contributed by atoms with E-state index in [2.05, 4.69) is 4.85 Å². The molecule has 0 radical (unpaired) electrons. The van der Waals surface area contributed by atoms with Gasteiger partial charge in [0, 0.05) is 30.4 Å². The average molecular weight is 509 g/mol. The Labute approximate surface area is 215 Å². The van der Waals surface area contributed by atoms with E-state index in [9.17, 15) is 13.6 Å². The van der Waals surface area contributed by atoms with Gasteiger partial charge in [-0.3, -0.25) is 4.68 Å². The van der Waals surface area contributed by atoms with Gasteiger partial charge in [-0.25, -0.2) is 18.4 Å². The molecule has 0 bridgehead atoms. The Morgan fingerprint density at radius 2 is 1.81 bits per heavy atom. The largest absolute Gasteiger partial charge is 0.494 e. The molecule has 1 saturated heterocycles. The Kier molecular flexibility index (Phi) is 7.48. The fourth-order valence-corrected chi connectivity index (χ4v) is 4.43. The molecule has 37 heavy (non-hydrogen) atoms. The van der Waals surface area contributed by atoms with Crippen molar-refractivity contribution in [1.82, 2.24) is 14.7 Å². The Hall–Kier alpha value is -3.93. The molecule has 0 spiro atoms. The van der Waals surface area contributed by atoms with Crippen LogP contribution in [0.1, 0.15) is 46.1 Å². The summed E-state index contributed by atoms with van der Waals surface area (Å²) < 4.78 is 41.5. The lowest BCUT2D eigenvalue weighted by Crippen LogP contribution is -2.37. The highest BCUT2D eigenvalue weighted by Gasteiger charge is 2.27. The summed E-state index contributed by atoms with van der Waals surface area (Å²) in [5.41, 5.74) is 1.52. The Balaban J connectivity index is 1.69. The molecule has 0 N–H and O–H groups in total. The minimum atomic E-state index is -0.630. The summed E-state index contributed by atoms with van der Waals surface area (Å²) in [7, 11) is 1.40. The number of carbonyl (C=O) groups excluding carboxylic acids is 1. The van der Waals surface area contributed by atoms with Gasteiger partial charge in [0.2, 0.25) is 5.69 Å². The highest BCUT2D eigenvalue weighted by molar-refractivity contribution is 5.81. The van der Waals surface area contributed by atoms with Gasteiger partial charge in [0.15, 0.2) is 11.6 Å². The number of ether oxygens (including phenoxy) is 2. The molecule has 2 heterocycles. The van der Waals surface area contributed by atoms with Gasteiger partial charge in [-0.05, 0) is 69.9 Å². The molecule has 194 valence electrons. The third-order valence-electron chi connectivity index (χ3n) is 6.26. The van der Waals surface area contributed by atoms with Crippen molar-refractivity contribution in [2.24, 2.45) is 0 Å². The number of hydrogen-bond donors (Lipinski definition) is 0. The third kappa shape index (κ3) is 5.91.